The minimum absolute atomic E-state index is 0.183. The van der Waals surface area contributed by atoms with Gasteiger partial charge in [0.1, 0.15) is 11.2 Å². The molecule has 236 valence electrons. The molecule has 0 unspecified atom stereocenters. The molecular formula is C50H30O. The Kier molecular flexibility index (Phi) is 4.57. The molecule has 0 atom stereocenters. The fraction of sp³-hybridized carbons (Fsp3) is 0. The zero-order valence-corrected chi connectivity index (χ0v) is 27.1. The first kappa shape index (κ1) is 21.4. The summed E-state index contributed by atoms with van der Waals surface area (Å²) in [5.41, 5.74) is 5.16. The van der Waals surface area contributed by atoms with Crippen LogP contribution in [0.1, 0.15) is 11.0 Å². The molecule has 0 aliphatic carbocycles. The Hall–Kier alpha value is -6.70. The van der Waals surface area contributed by atoms with E-state index in [0.29, 0.717) is 22.3 Å². The van der Waals surface area contributed by atoms with Gasteiger partial charge in [0.25, 0.3) is 0 Å². The quantitative estimate of drug-likeness (QED) is 0.173. The second kappa shape index (κ2) is 10.9. The average Bonchev–Trinajstić information content (AvgIpc) is 3.67. The molecular weight excluding hydrogens is 617 g/mol. The first-order valence-electron chi connectivity index (χ1n) is 20.9. The van der Waals surface area contributed by atoms with Crippen molar-refractivity contribution in [3.63, 3.8) is 0 Å². The summed E-state index contributed by atoms with van der Waals surface area (Å²) in [6.07, 6.45) is 0. The second-order valence-electron chi connectivity index (χ2n) is 13.0. The second-order valence-corrected chi connectivity index (χ2v) is 13.0. The Balaban J connectivity index is 1.30. The summed E-state index contributed by atoms with van der Waals surface area (Å²) in [7, 11) is 0. The standard InChI is InChI=1S/C50H30O/c1-2-13-34-29-35(25-23-31(34)11-1)47-40-16-5-7-18-42(40)48(43-19-8-6-17-41(43)47)36-26-24-33-14-9-20-38(44(33)30-36)39-21-10-22-45-50(39)49-37-15-4-3-12-32(37)27-28-46(49)51-45/h1-30H/i5D,6D,7D,8D,16D,17D,18D,19D. The molecule has 1 aromatic heterocycles. The van der Waals surface area contributed by atoms with Crippen molar-refractivity contribution < 1.29 is 15.4 Å². The molecule has 11 rings (SSSR count). The van der Waals surface area contributed by atoms with Crippen LogP contribution in [0.15, 0.2) is 186 Å². The van der Waals surface area contributed by atoms with Gasteiger partial charge in [-0.2, -0.15) is 0 Å². The molecule has 0 amide bonds. The van der Waals surface area contributed by atoms with Gasteiger partial charge < -0.3 is 4.42 Å². The zero-order valence-electron chi connectivity index (χ0n) is 35.1. The Morgan fingerprint density at radius 1 is 0.353 bits per heavy atom. The molecule has 0 saturated heterocycles. The normalized spacial score (nSPS) is 14.1. The van der Waals surface area contributed by atoms with Crippen molar-refractivity contribution in [1.29, 1.82) is 0 Å². The number of hydrogen-bond donors (Lipinski definition) is 0. The lowest BCUT2D eigenvalue weighted by Crippen LogP contribution is -1.91. The number of benzene rings is 10. The van der Waals surface area contributed by atoms with Crippen molar-refractivity contribution in [3.05, 3.63) is 182 Å². The number of hydrogen-bond acceptors (Lipinski definition) is 1. The average molecular weight is 655 g/mol. The van der Waals surface area contributed by atoms with Crippen LogP contribution in [-0.2, 0) is 0 Å². The van der Waals surface area contributed by atoms with E-state index in [1.807, 2.05) is 103 Å². The first-order chi connectivity index (χ1) is 28.6. The van der Waals surface area contributed by atoms with Crippen molar-refractivity contribution in [2.24, 2.45) is 0 Å². The SMILES string of the molecule is [2H]c1c([2H])c([2H])c2c(-c3ccc4cccc(-c5cccc6oc7ccc8ccccc8c7c56)c4c3)c3c([2H])c([2H])c([2H])c([2H])c3c(-c3ccc4ccccc4c3)c2c1[2H]. The maximum absolute atomic E-state index is 9.46. The summed E-state index contributed by atoms with van der Waals surface area (Å²) >= 11 is 0. The fourth-order valence-electron chi connectivity index (χ4n) is 8.02. The highest BCUT2D eigenvalue weighted by molar-refractivity contribution is 6.25. The smallest absolute Gasteiger partial charge is 0.136 e. The Morgan fingerprint density at radius 3 is 1.63 bits per heavy atom. The van der Waals surface area contributed by atoms with E-state index < -0.39 is 24.2 Å². The molecule has 0 radical (unpaired) electrons. The molecule has 1 nitrogen and oxygen atoms in total. The maximum Gasteiger partial charge on any atom is 0.136 e. The van der Waals surface area contributed by atoms with Gasteiger partial charge in [-0.15, -0.1) is 0 Å². The largest absolute Gasteiger partial charge is 0.456 e. The van der Waals surface area contributed by atoms with E-state index in [0.717, 1.165) is 65.4 Å². The summed E-state index contributed by atoms with van der Waals surface area (Å²) in [4.78, 5) is 0. The molecule has 11 aromatic rings. The Bertz CT molecular complexity index is 3580. The molecule has 1 heterocycles. The van der Waals surface area contributed by atoms with E-state index in [-0.39, 0.29) is 45.7 Å². The van der Waals surface area contributed by atoms with Gasteiger partial charge in [0.15, 0.2) is 0 Å². The van der Waals surface area contributed by atoms with E-state index in [9.17, 15) is 5.48 Å². The highest BCUT2D eigenvalue weighted by atomic mass is 16.3. The van der Waals surface area contributed by atoms with Gasteiger partial charge in [-0.25, -0.2) is 0 Å². The van der Waals surface area contributed by atoms with E-state index >= 15 is 0 Å². The third-order valence-electron chi connectivity index (χ3n) is 10.3. The lowest BCUT2D eigenvalue weighted by atomic mass is 9.84. The molecule has 1 heteroatoms. The van der Waals surface area contributed by atoms with Crippen LogP contribution in [0.25, 0.3) is 109 Å². The van der Waals surface area contributed by atoms with Crippen molar-refractivity contribution in [2.75, 3.05) is 0 Å². The van der Waals surface area contributed by atoms with E-state index in [1.165, 1.54) is 0 Å². The molecule has 0 N–H and O–H groups in total. The summed E-state index contributed by atoms with van der Waals surface area (Å²) in [6, 6.07) is 40.8. The molecule has 10 aromatic carbocycles. The third-order valence-corrected chi connectivity index (χ3v) is 10.3. The van der Waals surface area contributed by atoms with E-state index in [4.69, 9.17) is 9.90 Å². The van der Waals surface area contributed by atoms with Crippen molar-refractivity contribution in [3.8, 4) is 33.4 Å². The minimum atomic E-state index is -0.430. The van der Waals surface area contributed by atoms with Crippen LogP contribution in [0.2, 0.25) is 0 Å². The van der Waals surface area contributed by atoms with Gasteiger partial charge in [-0.05, 0) is 112 Å². The summed E-state index contributed by atoms with van der Waals surface area (Å²) < 4.78 is 79.7. The highest BCUT2D eigenvalue weighted by Gasteiger charge is 2.19. The van der Waals surface area contributed by atoms with Crippen LogP contribution in [0.5, 0.6) is 0 Å². The van der Waals surface area contributed by atoms with Gasteiger partial charge in [0.2, 0.25) is 0 Å². The first-order valence-corrected chi connectivity index (χ1v) is 16.9. The molecule has 0 fully saturated rings. The minimum Gasteiger partial charge on any atom is -0.456 e. The maximum atomic E-state index is 9.46. The lowest BCUT2D eigenvalue weighted by Gasteiger charge is -2.19. The Labute approximate surface area is 305 Å². The van der Waals surface area contributed by atoms with Crippen LogP contribution in [0, 0.1) is 0 Å². The zero-order chi connectivity index (χ0) is 40.4. The summed E-state index contributed by atoms with van der Waals surface area (Å²) in [6.45, 7) is 0. The van der Waals surface area contributed by atoms with Gasteiger partial charge in [0, 0.05) is 10.8 Å². The predicted molar refractivity (Wildman–Crippen MR) is 218 cm³/mol. The van der Waals surface area contributed by atoms with Crippen molar-refractivity contribution in [2.45, 2.75) is 0 Å². The summed E-state index contributed by atoms with van der Waals surface area (Å²) in [5, 5.41) is 8.51. The number of fused-ring (bicyclic) bond motifs is 9. The predicted octanol–water partition coefficient (Wildman–Crippen LogP) is 14.4. The van der Waals surface area contributed by atoms with Crippen molar-refractivity contribution in [1.82, 2.24) is 0 Å². The number of rotatable bonds is 3. The molecule has 0 spiro atoms. The Morgan fingerprint density at radius 2 is 0.882 bits per heavy atom. The molecule has 51 heavy (non-hydrogen) atoms. The topological polar surface area (TPSA) is 13.1 Å². The molecule has 0 bridgehead atoms. The van der Waals surface area contributed by atoms with E-state index in [2.05, 4.69) is 30.3 Å². The van der Waals surface area contributed by atoms with Gasteiger partial charge in [0.05, 0.1) is 11.0 Å². The lowest BCUT2D eigenvalue weighted by molar-refractivity contribution is 0.669. The number of furan rings is 1. The van der Waals surface area contributed by atoms with Gasteiger partial charge in [-0.3, -0.25) is 0 Å². The molecule has 0 saturated carbocycles. The fourth-order valence-corrected chi connectivity index (χ4v) is 8.02. The monoisotopic (exact) mass is 654 g/mol. The van der Waals surface area contributed by atoms with Crippen LogP contribution in [0.3, 0.4) is 0 Å². The highest BCUT2D eigenvalue weighted by Crippen LogP contribution is 2.46. The van der Waals surface area contributed by atoms with Crippen LogP contribution in [-0.4, -0.2) is 0 Å². The van der Waals surface area contributed by atoms with Gasteiger partial charge in [-0.1, -0.05) is 158 Å². The summed E-state index contributed by atoms with van der Waals surface area (Å²) in [5.74, 6) is 0. The van der Waals surface area contributed by atoms with Crippen LogP contribution >= 0.6 is 0 Å². The van der Waals surface area contributed by atoms with Gasteiger partial charge >= 0.3 is 0 Å². The molecule has 0 aliphatic heterocycles. The third kappa shape index (κ3) is 4.22. The van der Waals surface area contributed by atoms with Crippen LogP contribution in [0.4, 0.5) is 0 Å². The van der Waals surface area contributed by atoms with Crippen molar-refractivity contribution >= 4 is 75.8 Å². The van der Waals surface area contributed by atoms with Crippen LogP contribution < -0.4 is 0 Å². The van der Waals surface area contributed by atoms with E-state index in [1.54, 1.807) is 0 Å². The molecule has 0 aliphatic rings.